The van der Waals surface area contributed by atoms with E-state index in [0.29, 0.717) is 23.1 Å². The largest absolute Gasteiger partial charge is 0.490 e. The number of hydrogen-bond donors (Lipinski definition) is 2. The minimum absolute atomic E-state index is 0.100. The molecule has 1 aliphatic carbocycles. The van der Waals surface area contributed by atoms with Gasteiger partial charge in [0.25, 0.3) is 0 Å². The number of ether oxygens (including phenoxy) is 1. The fraction of sp³-hybridized carbons (Fsp3) is 0.294. The van der Waals surface area contributed by atoms with Crippen LogP contribution in [-0.2, 0) is 0 Å². The summed E-state index contributed by atoms with van der Waals surface area (Å²) in [6.07, 6.45) is 3.85. The van der Waals surface area contributed by atoms with Gasteiger partial charge >= 0.3 is 0 Å². The molecule has 0 unspecified atom stereocenters. The first-order chi connectivity index (χ1) is 11.0. The van der Waals surface area contributed by atoms with Crippen LogP contribution in [0.3, 0.4) is 0 Å². The summed E-state index contributed by atoms with van der Waals surface area (Å²) in [5, 5.41) is 3.67. The van der Waals surface area contributed by atoms with Crippen molar-refractivity contribution in [1.82, 2.24) is 10.3 Å². The van der Waals surface area contributed by atoms with Gasteiger partial charge in [-0.15, -0.1) is 0 Å². The predicted octanol–water partition coefficient (Wildman–Crippen LogP) is 2.63. The lowest BCUT2D eigenvalue weighted by atomic mass is 10.1. The van der Waals surface area contributed by atoms with Crippen molar-refractivity contribution in [2.75, 3.05) is 13.7 Å². The van der Waals surface area contributed by atoms with Gasteiger partial charge in [-0.05, 0) is 43.7 Å². The molecule has 1 saturated carbocycles. The van der Waals surface area contributed by atoms with E-state index < -0.39 is 5.91 Å². The van der Waals surface area contributed by atoms with E-state index in [1.54, 1.807) is 30.5 Å². The molecule has 1 fully saturated rings. The van der Waals surface area contributed by atoms with E-state index in [1.807, 2.05) is 13.1 Å². The molecule has 5 nitrogen and oxygen atoms in total. The number of rotatable bonds is 6. The number of carbonyl (C=O) groups is 1. The lowest BCUT2D eigenvalue weighted by molar-refractivity contribution is 0.100. The molecule has 120 valence electrons. The number of likely N-dealkylation sites (N-methyl/N-ethyl adjacent to an activating group) is 1. The van der Waals surface area contributed by atoms with Crippen LogP contribution in [-0.4, -0.2) is 30.1 Å². The van der Waals surface area contributed by atoms with Gasteiger partial charge in [0.1, 0.15) is 17.5 Å². The van der Waals surface area contributed by atoms with Crippen LogP contribution < -0.4 is 15.8 Å². The molecule has 0 radical (unpaired) electrons. The summed E-state index contributed by atoms with van der Waals surface area (Å²) in [4.78, 5) is 15.3. The van der Waals surface area contributed by atoms with Crippen molar-refractivity contribution in [3.63, 3.8) is 0 Å². The molecule has 0 aliphatic heterocycles. The van der Waals surface area contributed by atoms with E-state index in [-0.39, 0.29) is 5.54 Å². The van der Waals surface area contributed by atoms with Gasteiger partial charge in [-0.25, -0.2) is 4.98 Å². The zero-order valence-corrected chi connectivity index (χ0v) is 13.6. The van der Waals surface area contributed by atoms with Crippen LogP contribution in [0.5, 0.6) is 5.75 Å². The Labute approximate surface area is 139 Å². The summed E-state index contributed by atoms with van der Waals surface area (Å²) in [5.41, 5.74) is 7.42. The lowest BCUT2D eigenvalue weighted by Crippen LogP contribution is -2.33. The van der Waals surface area contributed by atoms with Crippen molar-refractivity contribution in [3.8, 4) is 16.9 Å². The second-order valence-corrected chi connectivity index (χ2v) is 6.13. The van der Waals surface area contributed by atoms with Crippen LogP contribution >= 0.6 is 11.6 Å². The first-order valence-electron chi connectivity index (χ1n) is 7.40. The third-order valence-electron chi connectivity index (χ3n) is 4.19. The van der Waals surface area contributed by atoms with Crippen molar-refractivity contribution >= 4 is 17.5 Å². The Morgan fingerprint density at radius 3 is 2.65 bits per heavy atom. The van der Waals surface area contributed by atoms with Gasteiger partial charge < -0.3 is 15.8 Å². The van der Waals surface area contributed by atoms with E-state index in [1.165, 1.54) is 0 Å². The standard InChI is InChI=1S/C17H18ClN3O2/c1-20-17(6-7-17)10-23-13-8-14(15(18)21-9-13)11-2-4-12(5-3-11)16(19)22/h2-5,8-9,20H,6-7,10H2,1H3,(H2,19,22). The number of benzene rings is 1. The highest BCUT2D eigenvalue weighted by atomic mass is 35.5. The van der Waals surface area contributed by atoms with Crippen molar-refractivity contribution in [3.05, 3.63) is 47.2 Å². The lowest BCUT2D eigenvalue weighted by Gasteiger charge is -2.15. The van der Waals surface area contributed by atoms with Crippen LogP contribution in [0.15, 0.2) is 36.5 Å². The summed E-state index contributed by atoms with van der Waals surface area (Å²) in [6, 6.07) is 8.79. The van der Waals surface area contributed by atoms with Gasteiger partial charge in [0.15, 0.2) is 0 Å². The minimum atomic E-state index is -0.459. The normalized spacial score (nSPS) is 15.2. The fourth-order valence-corrected chi connectivity index (χ4v) is 2.58. The topological polar surface area (TPSA) is 77.2 Å². The number of nitrogens with two attached hydrogens (primary N) is 1. The first-order valence-corrected chi connectivity index (χ1v) is 7.78. The van der Waals surface area contributed by atoms with Crippen LogP contribution in [0.25, 0.3) is 11.1 Å². The minimum Gasteiger partial charge on any atom is -0.490 e. The third kappa shape index (κ3) is 3.46. The van der Waals surface area contributed by atoms with Crippen molar-refractivity contribution in [2.24, 2.45) is 5.73 Å². The molecule has 0 atom stereocenters. The molecule has 1 amide bonds. The number of primary amides is 1. The fourth-order valence-electron chi connectivity index (χ4n) is 2.36. The van der Waals surface area contributed by atoms with Gasteiger partial charge in [0, 0.05) is 11.1 Å². The molecule has 0 saturated heterocycles. The highest BCUT2D eigenvalue weighted by Gasteiger charge is 2.41. The number of nitrogens with one attached hydrogen (secondary N) is 1. The van der Waals surface area contributed by atoms with Crippen LogP contribution in [0.1, 0.15) is 23.2 Å². The molecule has 1 aliphatic rings. The van der Waals surface area contributed by atoms with E-state index >= 15 is 0 Å². The summed E-state index contributed by atoms with van der Waals surface area (Å²) < 4.78 is 5.85. The van der Waals surface area contributed by atoms with E-state index in [2.05, 4.69) is 10.3 Å². The number of nitrogens with zero attached hydrogens (tertiary/aromatic N) is 1. The Hall–Kier alpha value is -2.11. The smallest absolute Gasteiger partial charge is 0.248 e. The van der Waals surface area contributed by atoms with Gasteiger partial charge in [-0.1, -0.05) is 23.7 Å². The molecule has 1 aromatic carbocycles. The summed E-state index contributed by atoms with van der Waals surface area (Å²) >= 11 is 6.19. The monoisotopic (exact) mass is 331 g/mol. The highest BCUT2D eigenvalue weighted by molar-refractivity contribution is 6.32. The molecule has 1 heterocycles. The number of aromatic nitrogens is 1. The molecule has 1 aromatic heterocycles. The Morgan fingerprint density at radius 1 is 1.39 bits per heavy atom. The average Bonchev–Trinajstić information content (AvgIpc) is 3.35. The zero-order chi connectivity index (χ0) is 16.4. The SMILES string of the molecule is CNC1(COc2cnc(Cl)c(-c3ccc(C(N)=O)cc3)c2)CC1. The Kier molecular flexibility index (Phi) is 4.24. The summed E-state index contributed by atoms with van der Waals surface area (Å²) in [5.74, 6) is 0.213. The molecule has 2 aromatic rings. The first kappa shape index (κ1) is 15.8. The highest BCUT2D eigenvalue weighted by Crippen LogP contribution is 2.36. The van der Waals surface area contributed by atoms with Crippen molar-refractivity contribution in [1.29, 1.82) is 0 Å². The second kappa shape index (κ2) is 6.18. The molecular formula is C17H18ClN3O2. The second-order valence-electron chi connectivity index (χ2n) is 5.77. The van der Waals surface area contributed by atoms with Gasteiger partial charge in [-0.2, -0.15) is 0 Å². The van der Waals surface area contributed by atoms with E-state index in [4.69, 9.17) is 22.1 Å². The Morgan fingerprint density at radius 2 is 2.09 bits per heavy atom. The van der Waals surface area contributed by atoms with Crippen LogP contribution in [0.2, 0.25) is 5.15 Å². The van der Waals surface area contributed by atoms with E-state index in [9.17, 15) is 4.79 Å². The van der Waals surface area contributed by atoms with Gasteiger partial charge in [0.05, 0.1) is 11.7 Å². The molecular weight excluding hydrogens is 314 g/mol. The number of carbonyl (C=O) groups excluding carboxylic acids is 1. The van der Waals surface area contributed by atoms with E-state index in [0.717, 1.165) is 24.0 Å². The number of hydrogen-bond acceptors (Lipinski definition) is 4. The number of pyridine rings is 1. The molecule has 3 N–H and O–H groups in total. The molecule has 0 spiro atoms. The van der Waals surface area contributed by atoms with Gasteiger partial charge in [-0.3, -0.25) is 4.79 Å². The summed E-state index contributed by atoms with van der Waals surface area (Å²) in [7, 11) is 1.95. The maximum Gasteiger partial charge on any atom is 0.248 e. The number of halogens is 1. The van der Waals surface area contributed by atoms with Crippen LogP contribution in [0.4, 0.5) is 0 Å². The maximum absolute atomic E-state index is 11.1. The molecule has 23 heavy (non-hydrogen) atoms. The quantitative estimate of drug-likeness (QED) is 0.798. The van der Waals surface area contributed by atoms with Gasteiger partial charge in [0.2, 0.25) is 5.91 Å². The zero-order valence-electron chi connectivity index (χ0n) is 12.8. The predicted molar refractivity (Wildman–Crippen MR) is 89.7 cm³/mol. The molecule has 3 rings (SSSR count). The molecule has 6 heteroatoms. The van der Waals surface area contributed by atoms with Crippen molar-refractivity contribution < 1.29 is 9.53 Å². The van der Waals surface area contributed by atoms with Crippen molar-refractivity contribution in [2.45, 2.75) is 18.4 Å². The Bertz CT molecular complexity index is 727. The average molecular weight is 332 g/mol. The maximum atomic E-state index is 11.1. The summed E-state index contributed by atoms with van der Waals surface area (Å²) in [6.45, 7) is 0.604. The third-order valence-corrected chi connectivity index (χ3v) is 4.49. The number of amides is 1. The molecule has 0 bridgehead atoms. The van der Waals surface area contributed by atoms with Crippen LogP contribution in [0, 0.1) is 0 Å². The Balaban J connectivity index is 1.81.